The molecule has 0 aliphatic carbocycles. The lowest BCUT2D eigenvalue weighted by atomic mass is 9.95. The van der Waals surface area contributed by atoms with Crippen LogP contribution < -0.4 is 15.0 Å². The second-order valence-corrected chi connectivity index (χ2v) is 6.78. The van der Waals surface area contributed by atoms with Crippen LogP contribution in [0.3, 0.4) is 0 Å². The number of rotatable bonds is 7. The van der Waals surface area contributed by atoms with Gasteiger partial charge in [-0.15, -0.1) is 18.3 Å². The number of fused-ring (bicyclic) bond motifs is 1. The molecule has 0 aliphatic rings. The molecule has 1 heterocycles. The number of ketones is 1. The van der Waals surface area contributed by atoms with Gasteiger partial charge in [-0.3, -0.25) is 9.59 Å². The summed E-state index contributed by atoms with van der Waals surface area (Å²) in [5, 5.41) is 7.83. The molecule has 0 aliphatic heterocycles. The van der Waals surface area contributed by atoms with Gasteiger partial charge in [-0.05, 0) is 29.7 Å². The standard InChI is InChI=1S/C20H17F4N3O4/c1-11(14-7-6-13(9-15(14)21)31-20(22,23)24)8-12(28)10-27-19(29)18-16(25-26-27)4-3-5-17(18)30-2/h3-7,9,11H,8,10H2,1-2H3/t11-/m1/s1. The number of carbonyl (C=O) groups is 1. The Morgan fingerprint density at radius 2 is 1.97 bits per heavy atom. The molecule has 1 aromatic heterocycles. The predicted molar refractivity (Wildman–Crippen MR) is 101 cm³/mol. The Bertz CT molecular complexity index is 1180. The summed E-state index contributed by atoms with van der Waals surface area (Å²) in [7, 11) is 1.39. The van der Waals surface area contributed by atoms with Crippen LogP contribution in [-0.2, 0) is 11.3 Å². The van der Waals surface area contributed by atoms with E-state index in [2.05, 4.69) is 15.0 Å². The fraction of sp³-hybridized carbons (Fsp3) is 0.300. The van der Waals surface area contributed by atoms with E-state index >= 15 is 0 Å². The van der Waals surface area contributed by atoms with Crippen LogP contribution in [0.4, 0.5) is 17.6 Å². The van der Waals surface area contributed by atoms with Gasteiger partial charge in [0.15, 0.2) is 5.78 Å². The number of halogens is 4. The number of methoxy groups -OCH3 is 1. The lowest BCUT2D eigenvalue weighted by Crippen LogP contribution is -2.28. The largest absolute Gasteiger partial charge is 0.573 e. The number of alkyl halides is 3. The number of hydrogen-bond donors (Lipinski definition) is 0. The molecule has 3 rings (SSSR count). The van der Waals surface area contributed by atoms with Gasteiger partial charge >= 0.3 is 6.36 Å². The average molecular weight is 439 g/mol. The molecule has 0 bridgehead atoms. The Balaban J connectivity index is 1.75. The minimum Gasteiger partial charge on any atom is -0.496 e. The van der Waals surface area contributed by atoms with Gasteiger partial charge in [-0.2, -0.15) is 0 Å². The van der Waals surface area contributed by atoms with E-state index < -0.39 is 41.7 Å². The van der Waals surface area contributed by atoms with Crippen molar-refractivity contribution in [1.82, 2.24) is 15.0 Å². The molecular formula is C20H17F4N3O4. The van der Waals surface area contributed by atoms with Crippen molar-refractivity contribution in [2.45, 2.75) is 32.2 Å². The van der Waals surface area contributed by atoms with Gasteiger partial charge in [0.25, 0.3) is 5.56 Å². The van der Waals surface area contributed by atoms with Crippen LogP contribution >= 0.6 is 0 Å². The highest BCUT2D eigenvalue weighted by atomic mass is 19.4. The minimum atomic E-state index is -4.94. The van der Waals surface area contributed by atoms with Gasteiger partial charge in [0, 0.05) is 12.5 Å². The number of benzene rings is 2. The van der Waals surface area contributed by atoms with Crippen LogP contribution in [-0.4, -0.2) is 34.2 Å². The van der Waals surface area contributed by atoms with Crippen molar-refractivity contribution in [2.75, 3.05) is 7.11 Å². The second kappa shape index (κ2) is 8.70. The third kappa shape index (κ3) is 5.16. The molecule has 0 N–H and O–H groups in total. The van der Waals surface area contributed by atoms with Crippen LogP contribution in [0.5, 0.6) is 11.5 Å². The molecule has 11 heteroatoms. The number of hydrogen-bond acceptors (Lipinski definition) is 6. The van der Waals surface area contributed by atoms with Crippen molar-refractivity contribution < 1.29 is 31.8 Å². The highest BCUT2D eigenvalue weighted by Crippen LogP contribution is 2.29. The van der Waals surface area contributed by atoms with Gasteiger partial charge in [-0.25, -0.2) is 9.07 Å². The SMILES string of the molecule is COc1cccc2nnn(CC(=O)C[C@@H](C)c3ccc(OC(F)(F)F)cc3F)c(=O)c12. The van der Waals surface area contributed by atoms with Crippen LogP contribution in [0.1, 0.15) is 24.8 Å². The van der Waals surface area contributed by atoms with Crippen molar-refractivity contribution in [3.63, 3.8) is 0 Å². The van der Waals surface area contributed by atoms with Gasteiger partial charge in [0.05, 0.1) is 7.11 Å². The molecule has 0 spiro atoms. The first-order valence-corrected chi connectivity index (χ1v) is 9.06. The van der Waals surface area contributed by atoms with E-state index in [-0.39, 0.29) is 23.1 Å². The van der Waals surface area contributed by atoms with Crippen LogP contribution in [0.15, 0.2) is 41.2 Å². The first kappa shape index (κ1) is 22.2. The number of ether oxygens (including phenoxy) is 2. The van der Waals surface area contributed by atoms with Crippen LogP contribution in [0, 0.1) is 5.82 Å². The zero-order valence-electron chi connectivity index (χ0n) is 16.4. The lowest BCUT2D eigenvalue weighted by Gasteiger charge is -2.14. The van der Waals surface area contributed by atoms with Gasteiger partial charge in [0.1, 0.15) is 34.8 Å². The predicted octanol–water partition coefficient (Wildman–Crippen LogP) is 3.60. The first-order valence-electron chi connectivity index (χ1n) is 9.06. The summed E-state index contributed by atoms with van der Waals surface area (Å²) in [5.41, 5.74) is -0.213. The van der Waals surface area contributed by atoms with E-state index in [9.17, 15) is 27.2 Å². The maximum atomic E-state index is 14.2. The van der Waals surface area contributed by atoms with Gasteiger partial charge in [-0.1, -0.05) is 24.3 Å². The quantitative estimate of drug-likeness (QED) is 0.523. The normalized spacial score (nSPS) is 12.6. The molecule has 0 radical (unpaired) electrons. The second-order valence-electron chi connectivity index (χ2n) is 6.78. The fourth-order valence-corrected chi connectivity index (χ4v) is 3.15. The van der Waals surface area contributed by atoms with Crippen LogP contribution in [0.2, 0.25) is 0 Å². The van der Waals surface area contributed by atoms with E-state index in [0.29, 0.717) is 11.6 Å². The van der Waals surface area contributed by atoms with Gasteiger partial charge in [0.2, 0.25) is 0 Å². The maximum Gasteiger partial charge on any atom is 0.573 e. The molecule has 0 saturated carbocycles. The molecule has 3 aromatic rings. The molecule has 0 saturated heterocycles. The first-order chi connectivity index (χ1) is 14.6. The Hall–Kier alpha value is -3.50. The highest BCUT2D eigenvalue weighted by molar-refractivity contribution is 5.84. The lowest BCUT2D eigenvalue weighted by molar-refractivity contribution is -0.274. The minimum absolute atomic E-state index is 0.0430. The molecule has 2 aromatic carbocycles. The number of aromatic nitrogens is 3. The van der Waals surface area contributed by atoms with E-state index in [0.717, 1.165) is 16.8 Å². The smallest absolute Gasteiger partial charge is 0.496 e. The summed E-state index contributed by atoms with van der Waals surface area (Å²) in [5.74, 6) is -2.44. The van der Waals surface area contributed by atoms with E-state index in [1.165, 1.54) is 7.11 Å². The number of carbonyl (C=O) groups excluding carboxylic acids is 1. The van der Waals surface area contributed by atoms with E-state index in [1.54, 1.807) is 25.1 Å². The van der Waals surface area contributed by atoms with Gasteiger partial charge < -0.3 is 9.47 Å². The van der Waals surface area contributed by atoms with Crippen molar-refractivity contribution in [3.8, 4) is 11.5 Å². The van der Waals surface area contributed by atoms with Crippen molar-refractivity contribution in [1.29, 1.82) is 0 Å². The zero-order chi connectivity index (χ0) is 22.8. The number of Topliss-reactive ketones (excluding diaryl/α,β-unsaturated/α-hetero) is 1. The molecular weight excluding hydrogens is 422 g/mol. The molecule has 0 amide bonds. The van der Waals surface area contributed by atoms with Crippen molar-refractivity contribution in [3.05, 3.63) is 58.1 Å². The average Bonchev–Trinajstić information content (AvgIpc) is 2.68. The van der Waals surface area contributed by atoms with E-state index in [1.807, 2.05) is 0 Å². The Kier molecular flexibility index (Phi) is 6.23. The molecule has 7 nitrogen and oxygen atoms in total. The maximum absolute atomic E-state index is 14.2. The summed E-state index contributed by atoms with van der Waals surface area (Å²) in [6, 6.07) is 7.51. The monoisotopic (exact) mass is 439 g/mol. The zero-order valence-corrected chi connectivity index (χ0v) is 16.4. The molecule has 0 fully saturated rings. The van der Waals surface area contributed by atoms with Crippen LogP contribution in [0.25, 0.3) is 10.9 Å². The topological polar surface area (TPSA) is 83.3 Å². The fourth-order valence-electron chi connectivity index (χ4n) is 3.15. The van der Waals surface area contributed by atoms with Crippen molar-refractivity contribution in [2.24, 2.45) is 0 Å². The summed E-state index contributed by atoms with van der Waals surface area (Å²) < 4.78 is 60.7. The van der Waals surface area contributed by atoms with Crippen molar-refractivity contribution >= 4 is 16.7 Å². The third-order valence-corrected chi connectivity index (χ3v) is 4.53. The summed E-state index contributed by atoms with van der Waals surface area (Å²) in [6.07, 6.45) is -5.11. The summed E-state index contributed by atoms with van der Waals surface area (Å²) in [6.45, 7) is 1.14. The highest BCUT2D eigenvalue weighted by Gasteiger charge is 2.31. The Labute approximate surface area is 173 Å². The molecule has 31 heavy (non-hydrogen) atoms. The summed E-state index contributed by atoms with van der Waals surface area (Å²) >= 11 is 0. The van der Waals surface area contributed by atoms with E-state index in [4.69, 9.17) is 4.74 Å². The third-order valence-electron chi connectivity index (χ3n) is 4.53. The molecule has 0 unspecified atom stereocenters. The molecule has 164 valence electrons. The summed E-state index contributed by atoms with van der Waals surface area (Å²) in [4.78, 5) is 25.1. The Morgan fingerprint density at radius 3 is 2.61 bits per heavy atom. The molecule has 1 atom stereocenters. The Morgan fingerprint density at radius 1 is 1.23 bits per heavy atom. The number of nitrogens with zero attached hydrogens (tertiary/aromatic N) is 3.